The number of hydrogen-bond donors (Lipinski definition) is 2. The Kier molecular flexibility index (Phi) is 4.85. The summed E-state index contributed by atoms with van der Waals surface area (Å²) in [6.45, 7) is 0.291. The van der Waals surface area contributed by atoms with Crippen molar-refractivity contribution in [2.75, 3.05) is 16.8 Å². The molecule has 1 aliphatic rings. The Labute approximate surface area is 147 Å². The van der Waals surface area contributed by atoms with Crippen LogP contribution in [-0.4, -0.2) is 24.5 Å². The summed E-state index contributed by atoms with van der Waals surface area (Å²) in [5.41, 5.74) is 0.543. The van der Waals surface area contributed by atoms with Gasteiger partial charge < -0.3 is 15.5 Å². The second-order valence-corrected chi connectivity index (χ2v) is 6.04. The van der Waals surface area contributed by atoms with Crippen LogP contribution in [0.4, 0.5) is 25.0 Å². The van der Waals surface area contributed by atoms with Crippen molar-refractivity contribution in [1.82, 2.24) is 5.32 Å². The summed E-state index contributed by atoms with van der Waals surface area (Å²) in [6.07, 6.45) is 0.127. The number of rotatable bonds is 3. The zero-order valence-corrected chi connectivity index (χ0v) is 13.7. The van der Waals surface area contributed by atoms with E-state index in [2.05, 4.69) is 10.6 Å². The molecule has 0 spiro atoms. The highest BCUT2D eigenvalue weighted by Gasteiger charge is 2.31. The van der Waals surface area contributed by atoms with E-state index in [1.54, 1.807) is 29.2 Å². The van der Waals surface area contributed by atoms with Crippen LogP contribution in [0.5, 0.6) is 0 Å². The first kappa shape index (κ1) is 17.2. The number of benzene rings is 2. The largest absolute Gasteiger partial charge is 0.333 e. The fourth-order valence-corrected chi connectivity index (χ4v) is 2.74. The number of carbonyl (C=O) groups excluding carboxylic acids is 2. The van der Waals surface area contributed by atoms with Crippen molar-refractivity contribution in [1.29, 1.82) is 0 Å². The van der Waals surface area contributed by atoms with Crippen LogP contribution in [0.2, 0.25) is 5.02 Å². The molecule has 0 saturated carbocycles. The Bertz CT molecular complexity index is 814. The van der Waals surface area contributed by atoms with E-state index in [1.807, 2.05) is 0 Å². The van der Waals surface area contributed by atoms with Gasteiger partial charge in [0, 0.05) is 29.7 Å². The molecule has 130 valence electrons. The van der Waals surface area contributed by atoms with Crippen molar-refractivity contribution in [3.63, 3.8) is 0 Å². The number of urea groups is 1. The predicted molar refractivity (Wildman–Crippen MR) is 90.7 cm³/mol. The van der Waals surface area contributed by atoms with Crippen LogP contribution in [0, 0.1) is 11.6 Å². The smallest absolute Gasteiger partial charge is 0.319 e. The van der Waals surface area contributed by atoms with Gasteiger partial charge in [0.05, 0.1) is 11.7 Å². The van der Waals surface area contributed by atoms with Gasteiger partial charge in [0.1, 0.15) is 11.6 Å². The third-order valence-electron chi connectivity index (χ3n) is 3.78. The standard InChI is InChI=1S/C17H14ClF2N3O2/c18-10-1-4-13(5-2-10)23-9-12(8-16(23)24)21-17(25)22-15-6-3-11(19)7-14(15)20/h1-7,12H,8-9H2,(H2,21,22,25)/t12-/m0/s1. The SMILES string of the molecule is O=C(Nc1ccc(F)cc1F)N[C@H]1CC(=O)N(c2ccc(Cl)cc2)C1. The van der Waals surface area contributed by atoms with E-state index >= 15 is 0 Å². The van der Waals surface area contributed by atoms with E-state index in [-0.39, 0.29) is 18.0 Å². The zero-order valence-electron chi connectivity index (χ0n) is 12.9. The summed E-state index contributed by atoms with van der Waals surface area (Å²) in [6, 6.07) is 8.55. The second-order valence-electron chi connectivity index (χ2n) is 5.60. The number of nitrogens with zero attached hydrogens (tertiary/aromatic N) is 1. The molecular weight excluding hydrogens is 352 g/mol. The molecule has 0 unspecified atom stereocenters. The quantitative estimate of drug-likeness (QED) is 0.873. The maximum atomic E-state index is 13.5. The van der Waals surface area contributed by atoms with Crippen molar-refractivity contribution < 1.29 is 18.4 Å². The molecule has 2 N–H and O–H groups in total. The number of nitrogens with one attached hydrogen (secondary N) is 2. The molecule has 0 aliphatic carbocycles. The molecule has 3 amide bonds. The van der Waals surface area contributed by atoms with Gasteiger partial charge in [0.2, 0.25) is 5.91 Å². The van der Waals surface area contributed by atoms with Crippen molar-refractivity contribution in [2.45, 2.75) is 12.5 Å². The van der Waals surface area contributed by atoms with Crippen LogP contribution in [0.3, 0.4) is 0 Å². The van der Waals surface area contributed by atoms with Crippen LogP contribution in [-0.2, 0) is 4.79 Å². The Morgan fingerprint density at radius 1 is 1.16 bits per heavy atom. The lowest BCUT2D eigenvalue weighted by molar-refractivity contribution is -0.117. The predicted octanol–water partition coefficient (Wildman–Crippen LogP) is 3.55. The van der Waals surface area contributed by atoms with Crippen LogP contribution in [0.1, 0.15) is 6.42 Å². The van der Waals surface area contributed by atoms with Crippen molar-refractivity contribution >= 4 is 34.9 Å². The molecule has 2 aromatic rings. The van der Waals surface area contributed by atoms with Crippen LogP contribution < -0.4 is 15.5 Å². The van der Waals surface area contributed by atoms with E-state index in [0.717, 1.165) is 12.1 Å². The van der Waals surface area contributed by atoms with Gasteiger partial charge in [-0.2, -0.15) is 0 Å². The van der Waals surface area contributed by atoms with Gasteiger partial charge in [-0.25, -0.2) is 13.6 Å². The number of amides is 3. The molecule has 2 aromatic carbocycles. The lowest BCUT2D eigenvalue weighted by atomic mass is 10.2. The minimum atomic E-state index is -0.875. The van der Waals surface area contributed by atoms with Gasteiger partial charge in [0.15, 0.2) is 0 Å². The van der Waals surface area contributed by atoms with Crippen LogP contribution >= 0.6 is 11.6 Å². The van der Waals surface area contributed by atoms with E-state index < -0.39 is 23.7 Å². The Hall–Kier alpha value is -2.67. The summed E-state index contributed by atoms with van der Waals surface area (Å²) >= 11 is 5.83. The van der Waals surface area contributed by atoms with Gasteiger partial charge in [-0.1, -0.05) is 11.6 Å². The monoisotopic (exact) mass is 365 g/mol. The molecule has 1 atom stereocenters. The molecule has 3 rings (SSSR count). The molecule has 1 aliphatic heterocycles. The van der Waals surface area contributed by atoms with Crippen molar-refractivity contribution in [3.8, 4) is 0 Å². The molecule has 0 bridgehead atoms. The first-order valence-electron chi connectivity index (χ1n) is 7.51. The van der Waals surface area contributed by atoms with Gasteiger partial charge in [0.25, 0.3) is 0 Å². The maximum Gasteiger partial charge on any atom is 0.319 e. The molecule has 0 radical (unpaired) electrons. The van der Waals surface area contributed by atoms with Gasteiger partial charge in [-0.15, -0.1) is 0 Å². The fraction of sp³-hybridized carbons (Fsp3) is 0.176. The zero-order chi connectivity index (χ0) is 18.0. The lowest BCUT2D eigenvalue weighted by Gasteiger charge is -2.17. The Morgan fingerprint density at radius 2 is 1.88 bits per heavy atom. The van der Waals surface area contributed by atoms with E-state index in [1.165, 1.54) is 0 Å². The van der Waals surface area contributed by atoms with Gasteiger partial charge in [-0.05, 0) is 36.4 Å². The number of anilines is 2. The highest BCUT2D eigenvalue weighted by atomic mass is 35.5. The normalized spacial score (nSPS) is 16.8. The van der Waals surface area contributed by atoms with Crippen LogP contribution in [0.15, 0.2) is 42.5 Å². The minimum Gasteiger partial charge on any atom is -0.333 e. The Balaban J connectivity index is 1.61. The number of carbonyl (C=O) groups is 2. The third kappa shape index (κ3) is 4.06. The topological polar surface area (TPSA) is 61.4 Å². The molecule has 1 saturated heterocycles. The summed E-state index contributed by atoms with van der Waals surface area (Å²) in [5.74, 6) is -1.75. The molecule has 5 nitrogen and oxygen atoms in total. The summed E-state index contributed by atoms with van der Waals surface area (Å²) in [5, 5.41) is 5.47. The second kappa shape index (κ2) is 7.06. The first-order valence-corrected chi connectivity index (χ1v) is 7.88. The minimum absolute atomic E-state index is 0.127. The van der Waals surface area contributed by atoms with E-state index in [4.69, 9.17) is 11.6 Å². The molecule has 1 fully saturated rings. The molecule has 0 aromatic heterocycles. The molecule has 25 heavy (non-hydrogen) atoms. The summed E-state index contributed by atoms with van der Waals surface area (Å²) < 4.78 is 26.4. The average molecular weight is 366 g/mol. The Morgan fingerprint density at radius 3 is 2.56 bits per heavy atom. The highest BCUT2D eigenvalue weighted by Crippen LogP contribution is 2.23. The summed E-state index contributed by atoms with van der Waals surface area (Å²) in [4.78, 5) is 25.6. The number of hydrogen-bond acceptors (Lipinski definition) is 2. The molecular formula is C17H14ClF2N3O2. The highest BCUT2D eigenvalue weighted by molar-refractivity contribution is 6.30. The number of halogens is 3. The summed E-state index contributed by atoms with van der Waals surface area (Å²) in [7, 11) is 0. The van der Waals surface area contributed by atoms with E-state index in [9.17, 15) is 18.4 Å². The average Bonchev–Trinajstić information content (AvgIpc) is 2.91. The van der Waals surface area contributed by atoms with Crippen LogP contribution in [0.25, 0.3) is 0 Å². The molecule has 8 heteroatoms. The van der Waals surface area contributed by atoms with Crippen molar-refractivity contribution in [3.05, 3.63) is 59.1 Å². The van der Waals surface area contributed by atoms with Gasteiger partial charge in [-0.3, -0.25) is 4.79 Å². The lowest BCUT2D eigenvalue weighted by Crippen LogP contribution is -2.39. The van der Waals surface area contributed by atoms with Crippen molar-refractivity contribution in [2.24, 2.45) is 0 Å². The maximum absolute atomic E-state index is 13.5. The first-order chi connectivity index (χ1) is 11.9. The van der Waals surface area contributed by atoms with Gasteiger partial charge >= 0.3 is 6.03 Å². The van der Waals surface area contributed by atoms with E-state index in [0.29, 0.717) is 23.3 Å². The third-order valence-corrected chi connectivity index (χ3v) is 4.03. The fourth-order valence-electron chi connectivity index (χ4n) is 2.61. The molecule has 1 heterocycles.